The summed E-state index contributed by atoms with van der Waals surface area (Å²) in [6.45, 7) is 9.75. The first-order valence-corrected chi connectivity index (χ1v) is 7.60. The molecule has 0 radical (unpaired) electrons. The van der Waals surface area contributed by atoms with Crippen LogP contribution in [-0.2, 0) is 19.2 Å². The summed E-state index contributed by atoms with van der Waals surface area (Å²) < 4.78 is 0. The molecule has 0 bridgehead atoms. The number of aliphatic carboxylic acids is 4. The number of carbonyl (C=O) groups is 4. The fraction of sp³-hybridized carbons (Fsp3) is 0.529. The van der Waals surface area contributed by atoms with E-state index in [0.717, 1.165) is 13.8 Å². The Morgan fingerprint density at radius 1 is 0.586 bits per heavy atom. The van der Waals surface area contributed by atoms with E-state index in [-0.39, 0.29) is 11.1 Å². The van der Waals surface area contributed by atoms with E-state index in [1.165, 1.54) is 13.8 Å². The lowest BCUT2D eigenvalue weighted by Crippen LogP contribution is -2.37. The van der Waals surface area contributed by atoms with Gasteiger partial charge in [0.2, 0.25) is 0 Å². The molecule has 0 heterocycles. The minimum atomic E-state index is -1.11. The van der Waals surface area contributed by atoms with Crippen molar-refractivity contribution in [3.63, 3.8) is 0 Å². The molecule has 0 aliphatic carbocycles. The number of carboxylic acids is 4. The first-order valence-electron chi connectivity index (χ1n) is 7.60. The van der Waals surface area contributed by atoms with Gasteiger partial charge in [-0.05, 0) is 13.8 Å². The number of hydrogen-bond donors (Lipinski definition) is 8. The second-order valence-corrected chi connectivity index (χ2v) is 5.34. The van der Waals surface area contributed by atoms with E-state index in [4.69, 9.17) is 50.4 Å². The fourth-order valence-electron chi connectivity index (χ4n) is 0.300. The first-order chi connectivity index (χ1) is 13.0. The van der Waals surface area contributed by atoms with Crippen LogP contribution in [0.4, 0.5) is 0 Å². The van der Waals surface area contributed by atoms with Crippen molar-refractivity contribution in [1.82, 2.24) is 0 Å². The summed E-state index contributed by atoms with van der Waals surface area (Å²) in [4.78, 5) is 37.2. The van der Waals surface area contributed by atoms with Crippen molar-refractivity contribution < 1.29 is 60.0 Å². The highest BCUT2D eigenvalue weighted by Gasteiger charge is 2.26. The van der Waals surface area contributed by atoms with Gasteiger partial charge in [-0.2, -0.15) is 0 Å². The quantitative estimate of drug-likeness (QED) is 0.248. The smallest absolute Gasteiger partial charge is 0.330 e. The fourth-order valence-corrected chi connectivity index (χ4v) is 0.300. The van der Waals surface area contributed by atoms with Crippen LogP contribution in [0, 0.1) is 5.41 Å². The Hall–Kier alpha value is -2.80. The maximum Gasteiger partial charge on any atom is 0.330 e. The van der Waals surface area contributed by atoms with Gasteiger partial charge in [0.25, 0.3) is 11.9 Å². The molecule has 0 aromatic rings. The second kappa shape index (κ2) is 23.2. The van der Waals surface area contributed by atoms with E-state index in [1.807, 2.05) is 0 Å². The van der Waals surface area contributed by atoms with Gasteiger partial charge in [-0.1, -0.05) is 13.2 Å². The highest BCUT2D eigenvalue weighted by Crippen LogP contribution is 2.11. The number of hydrogen-bond acceptors (Lipinski definition) is 8. The zero-order chi connectivity index (χ0) is 24.8. The van der Waals surface area contributed by atoms with Gasteiger partial charge in [0.1, 0.15) is 0 Å². The molecule has 0 amide bonds. The largest absolute Gasteiger partial charge is 0.481 e. The molecule has 0 saturated carbocycles. The Labute approximate surface area is 168 Å². The Kier molecular flexibility index (Phi) is 29.7. The Morgan fingerprint density at radius 2 is 0.690 bits per heavy atom. The molecule has 172 valence electrons. The molecule has 0 fully saturated rings. The number of aliphatic hydroxyl groups excluding tert-OH is 4. The molecule has 29 heavy (non-hydrogen) atoms. The average Bonchev–Trinajstić information content (AvgIpc) is 2.57. The van der Waals surface area contributed by atoms with Crippen LogP contribution in [0.3, 0.4) is 0 Å². The van der Waals surface area contributed by atoms with Crippen LogP contribution in [0.15, 0.2) is 24.3 Å². The van der Waals surface area contributed by atoms with Crippen molar-refractivity contribution in [2.45, 2.75) is 27.7 Å². The van der Waals surface area contributed by atoms with E-state index in [0.29, 0.717) is 0 Å². The summed E-state index contributed by atoms with van der Waals surface area (Å²) in [6, 6.07) is 0. The zero-order valence-electron chi connectivity index (χ0n) is 17.0. The molecule has 8 N–H and O–H groups in total. The van der Waals surface area contributed by atoms with Gasteiger partial charge in [0.15, 0.2) is 0 Å². The first kappa shape index (κ1) is 37.0. The van der Waals surface area contributed by atoms with Crippen molar-refractivity contribution in [2.75, 3.05) is 26.4 Å². The predicted molar refractivity (Wildman–Crippen MR) is 102 cm³/mol. The van der Waals surface area contributed by atoms with Crippen LogP contribution in [-0.4, -0.2) is 91.2 Å². The summed E-state index contributed by atoms with van der Waals surface area (Å²) in [5, 5.41) is 64.6. The van der Waals surface area contributed by atoms with E-state index in [1.54, 1.807) is 0 Å². The van der Waals surface area contributed by atoms with Gasteiger partial charge < -0.3 is 40.9 Å². The molecule has 0 saturated heterocycles. The summed E-state index contributed by atoms with van der Waals surface area (Å²) in [5.74, 6) is -3.54. The van der Waals surface area contributed by atoms with Gasteiger partial charge in [-0.15, -0.1) is 0 Å². The molecule has 0 aliphatic rings. The molecule has 0 aliphatic heterocycles. The molecule has 0 unspecified atom stereocenters. The molecule has 0 atom stereocenters. The summed E-state index contributed by atoms with van der Waals surface area (Å²) in [7, 11) is 0. The van der Waals surface area contributed by atoms with Gasteiger partial charge in [-0.25, -0.2) is 9.59 Å². The molecular weight excluding hydrogens is 396 g/mol. The second-order valence-electron chi connectivity index (χ2n) is 5.34. The van der Waals surface area contributed by atoms with Crippen molar-refractivity contribution >= 4 is 23.9 Å². The third-order valence-corrected chi connectivity index (χ3v) is 2.07. The van der Waals surface area contributed by atoms with Crippen LogP contribution in [0.25, 0.3) is 0 Å². The highest BCUT2D eigenvalue weighted by atomic mass is 16.4. The van der Waals surface area contributed by atoms with Crippen molar-refractivity contribution in [3.8, 4) is 0 Å². The molecule has 0 rings (SSSR count). The molecule has 0 spiro atoms. The molecule has 0 aromatic heterocycles. The van der Waals surface area contributed by atoms with Gasteiger partial charge in [-0.3, -0.25) is 9.59 Å². The standard InChI is InChI=1S/C5H12O4.2C4H6O2.2C2H4O2/c6-1-5(2-7,3-8)4-9;2*1-3(2)4(5)6;2*1-2(3)4/h6-9H,1-4H2;2*1H2,2H3,(H,5,6);2*1H3,(H,3,4). The molecule has 0 aromatic carbocycles. The van der Waals surface area contributed by atoms with E-state index in [9.17, 15) is 9.59 Å². The average molecular weight is 428 g/mol. The van der Waals surface area contributed by atoms with Crippen LogP contribution in [0.2, 0.25) is 0 Å². The van der Waals surface area contributed by atoms with Gasteiger partial charge >= 0.3 is 11.9 Å². The number of aliphatic hydroxyl groups is 4. The van der Waals surface area contributed by atoms with Crippen molar-refractivity contribution in [2.24, 2.45) is 5.41 Å². The maximum absolute atomic E-state index is 9.60. The zero-order valence-corrected chi connectivity index (χ0v) is 17.0. The van der Waals surface area contributed by atoms with Crippen LogP contribution < -0.4 is 0 Å². The van der Waals surface area contributed by atoms with E-state index >= 15 is 0 Å². The molecule has 12 nitrogen and oxygen atoms in total. The SMILES string of the molecule is C=C(C)C(=O)O.C=C(C)C(=O)O.CC(=O)O.CC(=O)O.OCC(CO)(CO)CO. The summed E-state index contributed by atoms with van der Waals surface area (Å²) >= 11 is 0. The molecule has 12 heteroatoms. The molecular formula is C17H32O12. The summed E-state index contributed by atoms with van der Waals surface area (Å²) in [5.41, 5.74) is -0.759. The third kappa shape index (κ3) is 45.8. The normalized spacial score (nSPS) is 8.55. The van der Waals surface area contributed by atoms with Crippen molar-refractivity contribution in [1.29, 1.82) is 0 Å². The monoisotopic (exact) mass is 428 g/mol. The van der Waals surface area contributed by atoms with Gasteiger partial charge in [0, 0.05) is 25.0 Å². The van der Waals surface area contributed by atoms with Crippen molar-refractivity contribution in [3.05, 3.63) is 24.3 Å². The lowest BCUT2D eigenvalue weighted by Gasteiger charge is -2.23. The minimum Gasteiger partial charge on any atom is -0.481 e. The topological polar surface area (TPSA) is 230 Å². The lowest BCUT2D eigenvalue weighted by molar-refractivity contribution is -0.135. The Balaban J connectivity index is -0.0000000860. The van der Waals surface area contributed by atoms with E-state index in [2.05, 4.69) is 13.2 Å². The third-order valence-electron chi connectivity index (χ3n) is 2.07. The Morgan fingerprint density at radius 3 is 0.690 bits per heavy atom. The van der Waals surface area contributed by atoms with Crippen LogP contribution in [0.1, 0.15) is 27.7 Å². The summed E-state index contributed by atoms with van der Waals surface area (Å²) in [6.07, 6.45) is 0. The number of carboxylic acid groups (broad SMARTS) is 4. The number of rotatable bonds is 6. The highest BCUT2D eigenvalue weighted by molar-refractivity contribution is 5.85. The lowest BCUT2D eigenvalue weighted by atomic mass is 9.93. The van der Waals surface area contributed by atoms with Gasteiger partial charge in [0.05, 0.1) is 31.8 Å². The Bertz CT molecular complexity index is 421. The predicted octanol–water partition coefficient (Wildman–Crippen LogP) is -0.582. The van der Waals surface area contributed by atoms with Crippen LogP contribution in [0.5, 0.6) is 0 Å². The van der Waals surface area contributed by atoms with Crippen LogP contribution >= 0.6 is 0 Å². The van der Waals surface area contributed by atoms with E-state index < -0.39 is 55.7 Å². The maximum atomic E-state index is 9.60. The minimum absolute atomic E-state index is 0.176.